The van der Waals surface area contributed by atoms with Crippen LogP contribution >= 0.6 is 0 Å². The van der Waals surface area contributed by atoms with Gasteiger partial charge >= 0.3 is 11.9 Å². The lowest BCUT2D eigenvalue weighted by Crippen LogP contribution is -2.57. The molecule has 1 aromatic rings. The molecule has 132 valence electrons. The molecule has 2 aliphatic heterocycles. The molecule has 3 fully saturated rings. The fourth-order valence-electron chi connectivity index (χ4n) is 5.80. The zero-order valence-electron chi connectivity index (χ0n) is 14.3. The third-order valence-electron chi connectivity index (χ3n) is 6.63. The maximum atomic E-state index is 13.3. The van der Waals surface area contributed by atoms with Crippen molar-refractivity contribution in [2.75, 3.05) is 4.90 Å². The van der Waals surface area contributed by atoms with Crippen LogP contribution in [-0.4, -0.2) is 23.8 Å². The molecule has 2 bridgehead atoms. The van der Waals surface area contributed by atoms with Gasteiger partial charge in [-0.05, 0) is 19.1 Å². The number of amides is 2. The van der Waals surface area contributed by atoms with Crippen molar-refractivity contribution in [3.05, 3.63) is 42.0 Å². The number of esters is 2. The highest BCUT2D eigenvalue weighted by Crippen LogP contribution is 2.65. The van der Waals surface area contributed by atoms with E-state index in [4.69, 9.17) is 4.74 Å². The first-order valence-electron chi connectivity index (χ1n) is 8.74. The van der Waals surface area contributed by atoms with Crippen LogP contribution in [0.25, 0.3) is 0 Å². The van der Waals surface area contributed by atoms with E-state index in [0.29, 0.717) is 5.69 Å². The molecule has 26 heavy (non-hydrogen) atoms. The highest BCUT2D eigenvalue weighted by molar-refractivity contribution is 6.23. The predicted octanol–water partition coefficient (Wildman–Crippen LogP) is 1.70. The van der Waals surface area contributed by atoms with Gasteiger partial charge in [-0.3, -0.25) is 24.1 Å². The number of benzene rings is 1. The van der Waals surface area contributed by atoms with Crippen molar-refractivity contribution < 1.29 is 23.9 Å². The minimum Gasteiger partial charge on any atom is -0.393 e. The first-order valence-corrected chi connectivity index (χ1v) is 8.74. The van der Waals surface area contributed by atoms with E-state index < -0.39 is 46.9 Å². The van der Waals surface area contributed by atoms with Gasteiger partial charge in [0, 0.05) is 11.3 Å². The molecule has 6 heteroatoms. The molecule has 0 spiro atoms. The molecule has 0 N–H and O–H groups in total. The van der Waals surface area contributed by atoms with Crippen LogP contribution in [0, 0.1) is 35.0 Å². The second-order valence-corrected chi connectivity index (χ2v) is 7.87. The Morgan fingerprint density at radius 1 is 0.885 bits per heavy atom. The van der Waals surface area contributed by atoms with Crippen LogP contribution in [0.1, 0.15) is 13.8 Å². The van der Waals surface area contributed by atoms with E-state index in [1.807, 2.05) is 19.1 Å². The van der Waals surface area contributed by atoms with Crippen LogP contribution in [0.5, 0.6) is 0 Å². The molecule has 1 aromatic carbocycles. The van der Waals surface area contributed by atoms with Gasteiger partial charge in [0.15, 0.2) is 0 Å². The zero-order valence-corrected chi connectivity index (χ0v) is 14.3. The molecule has 5 aliphatic rings. The van der Waals surface area contributed by atoms with E-state index >= 15 is 0 Å². The summed E-state index contributed by atoms with van der Waals surface area (Å²) in [6.45, 7) is 3.68. The second kappa shape index (κ2) is 4.69. The lowest BCUT2D eigenvalue weighted by Gasteiger charge is -2.52. The molecule has 3 aliphatic carbocycles. The van der Waals surface area contributed by atoms with E-state index in [9.17, 15) is 19.2 Å². The van der Waals surface area contributed by atoms with Crippen molar-refractivity contribution in [2.45, 2.75) is 13.8 Å². The number of para-hydroxylation sites is 1. The first kappa shape index (κ1) is 15.5. The molecule has 1 saturated carbocycles. The minimum atomic E-state index is -0.895. The predicted molar refractivity (Wildman–Crippen MR) is 89.3 cm³/mol. The summed E-state index contributed by atoms with van der Waals surface area (Å²) in [6, 6.07) is 8.80. The highest BCUT2D eigenvalue weighted by atomic mass is 16.6. The molecule has 2 heterocycles. The van der Waals surface area contributed by atoms with Crippen LogP contribution in [0.2, 0.25) is 0 Å². The van der Waals surface area contributed by atoms with Crippen molar-refractivity contribution in [3.8, 4) is 0 Å². The number of rotatable bonds is 1. The Labute approximate surface area is 149 Å². The molecule has 6 rings (SSSR count). The number of anilines is 1. The summed E-state index contributed by atoms with van der Waals surface area (Å²) in [5.74, 6) is -4.84. The van der Waals surface area contributed by atoms with Gasteiger partial charge in [-0.1, -0.05) is 36.8 Å². The lowest BCUT2D eigenvalue weighted by atomic mass is 9.46. The van der Waals surface area contributed by atoms with Gasteiger partial charge < -0.3 is 4.74 Å². The van der Waals surface area contributed by atoms with Gasteiger partial charge in [-0.25, -0.2) is 0 Å². The quantitative estimate of drug-likeness (QED) is 0.333. The maximum Gasteiger partial charge on any atom is 0.318 e. The summed E-state index contributed by atoms with van der Waals surface area (Å²) < 4.78 is 4.90. The van der Waals surface area contributed by atoms with Crippen LogP contribution in [0.15, 0.2) is 42.0 Å². The Balaban J connectivity index is 1.69. The molecular formula is C20H17NO5. The Morgan fingerprint density at radius 3 is 2.27 bits per heavy atom. The average Bonchev–Trinajstić information content (AvgIpc) is 3.04. The van der Waals surface area contributed by atoms with Gasteiger partial charge in [0.2, 0.25) is 11.8 Å². The number of cyclic esters (lactones) is 2. The normalized spacial score (nSPS) is 40.5. The fourth-order valence-corrected chi connectivity index (χ4v) is 5.80. The van der Waals surface area contributed by atoms with Gasteiger partial charge in [-0.15, -0.1) is 0 Å². The largest absolute Gasteiger partial charge is 0.393 e. The number of carbonyl (C=O) groups excluding carboxylic acids is 4. The highest BCUT2D eigenvalue weighted by Gasteiger charge is 2.73. The molecule has 2 amide bonds. The van der Waals surface area contributed by atoms with E-state index in [0.717, 1.165) is 5.57 Å². The SMILES string of the molecule is CC1=C[C@]2(C)[C@@H]3C(=O)OC(=O)[C@H]3[C@@H]1[C@@H]1C(=O)N(c3ccccc3)C(=O)[C@H]12. The Kier molecular flexibility index (Phi) is 2.80. The standard InChI is InChI=1S/C20H17NO5/c1-9-8-20(2)14-12(11(9)13-15(20)19(25)26-18(13)24)16(22)21(17(14)23)10-6-4-3-5-7-10/h3-8,11-15H,1-2H3/t11-,12-,13-,14-,15-,20-/m0/s1. The molecule has 6 atom stereocenters. The zero-order chi connectivity index (χ0) is 18.4. The van der Waals surface area contributed by atoms with Crippen LogP contribution in [-0.2, 0) is 23.9 Å². The topological polar surface area (TPSA) is 80.8 Å². The fraction of sp³-hybridized carbons (Fsp3) is 0.400. The number of nitrogens with zero attached hydrogens (tertiary/aromatic N) is 1. The summed E-state index contributed by atoms with van der Waals surface area (Å²) >= 11 is 0. The van der Waals surface area contributed by atoms with Crippen molar-refractivity contribution in [2.24, 2.45) is 35.0 Å². The third kappa shape index (κ3) is 1.58. The number of carbonyl (C=O) groups is 4. The number of hydrogen-bond acceptors (Lipinski definition) is 5. The molecule has 0 aromatic heterocycles. The average molecular weight is 351 g/mol. The van der Waals surface area contributed by atoms with Crippen LogP contribution in [0.3, 0.4) is 0 Å². The summed E-state index contributed by atoms with van der Waals surface area (Å²) in [5.41, 5.74) is 0.516. The second-order valence-electron chi connectivity index (χ2n) is 7.87. The van der Waals surface area contributed by atoms with Crippen LogP contribution in [0.4, 0.5) is 5.69 Å². The molecule has 2 saturated heterocycles. The molecular weight excluding hydrogens is 334 g/mol. The Hall–Kier alpha value is -2.76. The van der Waals surface area contributed by atoms with Crippen molar-refractivity contribution in [1.82, 2.24) is 0 Å². The number of imide groups is 1. The summed E-state index contributed by atoms with van der Waals surface area (Å²) in [5, 5.41) is 0. The summed E-state index contributed by atoms with van der Waals surface area (Å²) in [7, 11) is 0. The van der Waals surface area contributed by atoms with Gasteiger partial charge in [0.25, 0.3) is 0 Å². The monoisotopic (exact) mass is 351 g/mol. The number of hydrogen-bond donors (Lipinski definition) is 0. The van der Waals surface area contributed by atoms with Crippen molar-refractivity contribution in [3.63, 3.8) is 0 Å². The number of allylic oxidation sites excluding steroid dienone is 2. The first-order chi connectivity index (χ1) is 12.4. The summed E-state index contributed by atoms with van der Waals surface area (Å²) in [4.78, 5) is 52.5. The van der Waals surface area contributed by atoms with Gasteiger partial charge in [-0.2, -0.15) is 0 Å². The van der Waals surface area contributed by atoms with Gasteiger partial charge in [0.05, 0.1) is 29.4 Å². The molecule has 6 nitrogen and oxygen atoms in total. The van der Waals surface area contributed by atoms with Crippen molar-refractivity contribution in [1.29, 1.82) is 0 Å². The Bertz CT molecular complexity index is 919. The van der Waals surface area contributed by atoms with Crippen LogP contribution < -0.4 is 4.90 Å². The third-order valence-corrected chi connectivity index (χ3v) is 6.63. The van der Waals surface area contributed by atoms with Crippen molar-refractivity contribution >= 4 is 29.4 Å². The summed E-state index contributed by atoms with van der Waals surface area (Å²) in [6.07, 6.45) is 1.92. The Morgan fingerprint density at radius 2 is 1.58 bits per heavy atom. The van der Waals surface area contributed by atoms with E-state index in [1.54, 1.807) is 31.2 Å². The molecule has 0 radical (unpaired) electrons. The minimum absolute atomic E-state index is 0.291. The lowest BCUT2D eigenvalue weighted by molar-refractivity contribution is -0.154. The smallest absolute Gasteiger partial charge is 0.318 e. The van der Waals surface area contributed by atoms with E-state index in [1.165, 1.54) is 4.90 Å². The van der Waals surface area contributed by atoms with Gasteiger partial charge in [0.1, 0.15) is 0 Å². The van der Waals surface area contributed by atoms with E-state index in [2.05, 4.69) is 0 Å². The van der Waals surface area contributed by atoms with E-state index in [-0.39, 0.29) is 11.8 Å². The molecule has 0 unspecified atom stereocenters. The maximum absolute atomic E-state index is 13.3. The number of ether oxygens (including phenoxy) is 1.